The Balaban J connectivity index is 0.00000133. The third-order valence-electron chi connectivity index (χ3n) is 2.76. The standard InChI is InChI=1S/C16H11N2.Ir/c1-2-6-13(7-3-1)14-8-4-9-15(12-14)16-10-5-11-17-18-16;/h1-8,10-12H;/q-1;. The molecule has 0 spiro atoms. The first-order valence-corrected chi connectivity index (χ1v) is 5.79. The van der Waals surface area contributed by atoms with Gasteiger partial charge in [0.2, 0.25) is 0 Å². The summed E-state index contributed by atoms with van der Waals surface area (Å²) >= 11 is 0. The van der Waals surface area contributed by atoms with Gasteiger partial charge in [-0.05, 0) is 11.6 Å². The summed E-state index contributed by atoms with van der Waals surface area (Å²) in [6, 6.07) is 23.3. The van der Waals surface area contributed by atoms with Gasteiger partial charge in [-0.15, -0.1) is 35.4 Å². The molecule has 1 heterocycles. The van der Waals surface area contributed by atoms with Crippen LogP contribution in [0.25, 0.3) is 22.4 Å². The fraction of sp³-hybridized carbons (Fsp3) is 0. The maximum Gasteiger partial charge on any atom is 0.0479 e. The first-order chi connectivity index (χ1) is 8.93. The quantitative estimate of drug-likeness (QED) is 0.589. The van der Waals surface area contributed by atoms with E-state index in [0.717, 1.165) is 16.8 Å². The van der Waals surface area contributed by atoms with Gasteiger partial charge in [-0.3, -0.25) is 0 Å². The molecule has 95 valence electrons. The minimum atomic E-state index is 0. The summed E-state index contributed by atoms with van der Waals surface area (Å²) in [5.74, 6) is 0. The summed E-state index contributed by atoms with van der Waals surface area (Å²) in [7, 11) is 0. The molecular weight excluding hydrogens is 412 g/mol. The molecular formula is C16H11IrN2-. The molecule has 0 amide bonds. The zero-order valence-electron chi connectivity index (χ0n) is 10.1. The molecule has 2 nitrogen and oxygen atoms in total. The maximum atomic E-state index is 4.10. The fourth-order valence-corrected chi connectivity index (χ4v) is 1.87. The van der Waals surface area contributed by atoms with Crippen molar-refractivity contribution in [3.8, 4) is 22.4 Å². The van der Waals surface area contributed by atoms with Crippen molar-refractivity contribution in [1.29, 1.82) is 0 Å². The summed E-state index contributed by atoms with van der Waals surface area (Å²) in [5, 5.41) is 8.00. The van der Waals surface area contributed by atoms with Crippen molar-refractivity contribution < 1.29 is 20.1 Å². The third-order valence-corrected chi connectivity index (χ3v) is 2.76. The van der Waals surface area contributed by atoms with Gasteiger partial charge in [0.1, 0.15) is 0 Å². The van der Waals surface area contributed by atoms with Gasteiger partial charge in [0.25, 0.3) is 0 Å². The van der Waals surface area contributed by atoms with Crippen molar-refractivity contribution in [3.63, 3.8) is 0 Å². The van der Waals surface area contributed by atoms with E-state index in [9.17, 15) is 0 Å². The van der Waals surface area contributed by atoms with Crippen molar-refractivity contribution >= 4 is 0 Å². The summed E-state index contributed by atoms with van der Waals surface area (Å²) in [5.41, 5.74) is 4.16. The fourth-order valence-electron chi connectivity index (χ4n) is 1.87. The molecule has 0 aliphatic carbocycles. The molecule has 0 saturated carbocycles. The van der Waals surface area contributed by atoms with E-state index in [0.29, 0.717) is 0 Å². The third kappa shape index (κ3) is 3.14. The molecule has 0 aliphatic rings. The largest absolute Gasteiger partial charge is 0.201 e. The Morgan fingerprint density at radius 2 is 1.68 bits per heavy atom. The van der Waals surface area contributed by atoms with Crippen LogP contribution in [0.15, 0.2) is 66.9 Å². The average Bonchev–Trinajstić information content (AvgIpc) is 2.49. The number of nitrogens with zero attached hydrogens (tertiary/aromatic N) is 2. The monoisotopic (exact) mass is 424 g/mol. The number of benzene rings is 2. The van der Waals surface area contributed by atoms with Crippen LogP contribution in [0.3, 0.4) is 0 Å². The summed E-state index contributed by atoms with van der Waals surface area (Å²) in [6.45, 7) is 0. The van der Waals surface area contributed by atoms with Crippen LogP contribution in [0.5, 0.6) is 0 Å². The van der Waals surface area contributed by atoms with Gasteiger partial charge >= 0.3 is 0 Å². The van der Waals surface area contributed by atoms with Crippen LogP contribution in [0, 0.1) is 6.07 Å². The van der Waals surface area contributed by atoms with Crippen LogP contribution in [-0.4, -0.2) is 10.2 Å². The van der Waals surface area contributed by atoms with Crippen LogP contribution < -0.4 is 0 Å². The predicted octanol–water partition coefficient (Wildman–Crippen LogP) is 3.61. The molecule has 0 saturated heterocycles. The van der Waals surface area contributed by atoms with Crippen LogP contribution in [0.4, 0.5) is 0 Å². The van der Waals surface area contributed by atoms with Crippen molar-refractivity contribution in [3.05, 3.63) is 72.9 Å². The minimum absolute atomic E-state index is 0. The Bertz CT molecular complexity index is 584. The first kappa shape index (κ1) is 13.6. The van der Waals surface area contributed by atoms with E-state index in [1.165, 1.54) is 5.56 Å². The average molecular weight is 423 g/mol. The van der Waals surface area contributed by atoms with E-state index in [1.54, 1.807) is 6.20 Å². The number of hydrogen-bond acceptors (Lipinski definition) is 2. The Hall–Kier alpha value is -1.83. The molecule has 1 radical (unpaired) electrons. The van der Waals surface area contributed by atoms with Gasteiger partial charge in [-0.2, -0.15) is 5.10 Å². The molecule has 0 atom stereocenters. The van der Waals surface area contributed by atoms with Gasteiger partial charge in [0, 0.05) is 32.0 Å². The second-order valence-electron chi connectivity index (χ2n) is 3.97. The molecule has 19 heavy (non-hydrogen) atoms. The van der Waals surface area contributed by atoms with E-state index in [-0.39, 0.29) is 20.1 Å². The van der Waals surface area contributed by atoms with Crippen LogP contribution in [0.2, 0.25) is 0 Å². The van der Waals surface area contributed by atoms with Gasteiger partial charge in [-0.1, -0.05) is 36.4 Å². The number of aromatic nitrogens is 2. The zero-order valence-corrected chi connectivity index (χ0v) is 12.5. The molecule has 0 unspecified atom stereocenters. The van der Waals surface area contributed by atoms with Gasteiger partial charge in [0.15, 0.2) is 0 Å². The van der Waals surface area contributed by atoms with E-state index in [2.05, 4.69) is 40.5 Å². The first-order valence-electron chi connectivity index (χ1n) is 5.79. The van der Waals surface area contributed by atoms with Crippen molar-refractivity contribution in [2.75, 3.05) is 0 Å². The van der Waals surface area contributed by atoms with Gasteiger partial charge in [-0.25, -0.2) is 5.10 Å². The SMILES string of the molecule is [Ir].[c-]1ccc(-c2ccccc2)cc1-c1cccnn1. The van der Waals surface area contributed by atoms with Gasteiger partial charge < -0.3 is 0 Å². The van der Waals surface area contributed by atoms with Gasteiger partial charge in [0.05, 0.1) is 0 Å². The Morgan fingerprint density at radius 1 is 0.842 bits per heavy atom. The molecule has 0 fully saturated rings. The normalized spacial score (nSPS) is 9.68. The van der Waals surface area contributed by atoms with E-state index >= 15 is 0 Å². The molecule has 3 aromatic rings. The molecule has 1 aromatic heterocycles. The van der Waals surface area contributed by atoms with Crippen LogP contribution in [-0.2, 0) is 20.1 Å². The van der Waals surface area contributed by atoms with E-state index in [1.807, 2.05) is 36.4 Å². The van der Waals surface area contributed by atoms with E-state index < -0.39 is 0 Å². The van der Waals surface area contributed by atoms with E-state index in [4.69, 9.17) is 0 Å². The number of hydrogen-bond donors (Lipinski definition) is 0. The van der Waals surface area contributed by atoms with Crippen molar-refractivity contribution in [1.82, 2.24) is 10.2 Å². The topological polar surface area (TPSA) is 25.8 Å². The summed E-state index contributed by atoms with van der Waals surface area (Å²) < 4.78 is 0. The molecule has 0 N–H and O–H groups in total. The Kier molecular flexibility index (Phi) is 4.56. The zero-order chi connectivity index (χ0) is 12.2. The Morgan fingerprint density at radius 3 is 2.42 bits per heavy atom. The summed E-state index contributed by atoms with van der Waals surface area (Å²) in [6.07, 6.45) is 1.67. The van der Waals surface area contributed by atoms with Crippen molar-refractivity contribution in [2.45, 2.75) is 0 Å². The summed E-state index contributed by atoms with van der Waals surface area (Å²) in [4.78, 5) is 0. The minimum Gasteiger partial charge on any atom is -0.201 e. The second kappa shape index (κ2) is 6.37. The molecule has 0 bridgehead atoms. The molecule has 2 aromatic carbocycles. The number of rotatable bonds is 2. The maximum absolute atomic E-state index is 4.10. The molecule has 3 rings (SSSR count). The Labute approximate surface area is 125 Å². The molecule has 0 aliphatic heterocycles. The van der Waals surface area contributed by atoms with Crippen LogP contribution >= 0.6 is 0 Å². The van der Waals surface area contributed by atoms with Crippen molar-refractivity contribution in [2.24, 2.45) is 0 Å². The second-order valence-corrected chi connectivity index (χ2v) is 3.97. The smallest absolute Gasteiger partial charge is 0.0479 e. The van der Waals surface area contributed by atoms with Crippen LogP contribution in [0.1, 0.15) is 0 Å². The predicted molar refractivity (Wildman–Crippen MR) is 71.7 cm³/mol. The molecule has 3 heteroatoms.